The molecule has 0 unspecified atom stereocenters. The van der Waals surface area contributed by atoms with Gasteiger partial charge in [0, 0.05) is 29.9 Å². The molecule has 1 aliphatic heterocycles. The highest BCUT2D eigenvalue weighted by Crippen LogP contribution is 2.27. The van der Waals surface area contributed by atoms with Crippen LogP contribution in [-0.4, -0.2) is 9.88 Å². The van der Waals surface area contributed by atoms with Crippen molar-refractivity contribution in [2.45, 2.75) is 33.0 Å². The summed E-state index contributed by atoms with van der Waals surface area (Å²) in [5.74, 6) is 0. The Kier molecular flexibility index (Phi) is 3.06. The predicted octanol–water partition coefficient (Wildman–Crippen LogP) is 2.80. The van der Waals surface area contributed by atoms with Gasteiger partial charge in [0.1, 0.15) is 5.01 Å². The van der Waals surface area contributed by atoms with Crippen LogP contribution in [0.2, 0.25) is 0 Å². The molecule has 2 N–H and O–H groups in total. The van der Waals surface area contributed by atoms with E-state index in [1.54, 1.807) is 0 Å². The van der Waals surface area contributed by atoms with E-state index >= 15 is 0 Å². The second-order valence-electron chi connectivity index (χ2n) is 4.75. The lowest BCUT2D eigenvalue weighted by molar-refractivity contribution is 0.275. The van der Waals surface area contributed by atoms with Gasteiger partial charge in [-0.3, -0.25) is 4.90 Å². The third-order valence-electron chi connectivity index (χ3n) is 3.33. The van der Waals surface area contributed by atoms with Gasteiger partial charge in [-0.1, -0.05) is 13.0 Å². The molecule has 0 saturated heterocycles. The molecule has 94 valence electrons. The maximum absolute atomic E-state index is 5.82. The van der Waals surface area contributed by atoms with Gasteiger partial charge in [-0.2, -0.15) is 0 Å². The van der Waals surface area contributed by atoms with Crippen molar-refractivity contribution >= 4 is 17.0 Å². The van der Waals surface area contributed by atoms with Gasteiger partial charge in [0.25, 0.3) is 0 Å². The molecule has 3 rings (SSSR count). The standard InChI is InChI=1S/C14H17N3S/c1-2-13-6-16-14(18-13)9-17-7-10-3-4-12(15)5-11(10)8-17/h3-6H,2,7-9,15H2,1H3. The largest absolute Gasteiger partial charge is 0.399 e. The maximum atomic E-state index is 5.82. The van der Waals surface area contributed by atoms with Crippen LogP contribution in [0.15, 0.2) is 24.4 Å². The summed E-state index contributed by atoms with van der Waals surface area (Å²) in [6.07, 6.45) is 3.08. The summed E-state index contributed by atoms with van der Waals surface area (Å²) in [6.45, 7) is 5.11. The van der Waals surface area contributed by atoms with Gasteiger partial charge >= 0.3 is 0 Å². The lowest BCUT2D eigenvalue weighted by Gasteiger charge is -2.11. The molecule has 4 heteroatoms. The van der Waals surface area contributed by atoms with Crippen LogP contribution in [0.25, 0.3) is 0 Å². The van der Waals surface area contributed by atoms with Gasteiger partial charge in [-0.05, 0) is 29.7 Å². The fraction of sp³-hybridized carbons (Fsp3) is 0.357. The average molecular weight is 259 g/mol. The van der Waals surface area contributed by atoms with Crippen molar-refractivity contribution < 1.29 is 0 Å². The predicted molar refractivity (Wildman–Crippen MR) is 75.3 cm³/mol. The number of aromatic nitrogens is 1. The molecule has 18 heavy (non-hydrogen) atoms. The summed E-state index contributed by atoms with van der Waals surface area (Å²) < 4.78 is 0. The minimum atomic E-state index is 0.859. The van der Waals surface area contributed by atoms with Crippen molar-refractivity contribution in [1.29, 1.82) is 0 Å². The van der Waals surface area contributed by atoms with Crippen LogP contribution in [-0.2, 0) is 26.1 Å². The van der Waals surface area contributed by atoms with E-state index in [2.05, 4.69) is 28.9 Å². The summed E-state index contributed by atoms with van der Waals surface area (Å²) in [6, 6.07) is 6.22. The Balaban J connectivity index is 1.70. The molecule has 0 saturated carbocycles. The van der Waals surface area contributed by atoms with Gasteiger partial charge in [-0.15, -0.1) is 11.3 Å². The van der Waals surface area contributed by atoms with Crippen molar-refractivity contribution in [2.24, 2.45) is 0 Å². The first kappa shape index (κ1) is 11.7. The highest BCUT2D eigenvalue weighted by Gasteiger charge is 2.19. The zero-order valence-electron chi connectivity index (χ0n) is 10.5. The molecule has 0 aliphatic carbocycles. The quantitative estimate of drug-likeness (QED) is 0.862. The summed E-state index contributed by atoms with van der Waals surface area (Å²) in [4.78, 5) is 8.27. The molecule has 2 heterocycles. The minimum absolute atomic E-state index is 0.859. The van der Waals surface area contributed by atoms with Crippen LogP contribution in [0.1, 0.15) is 27.9 Å². The van der Waals surface area contributed by atoms with Crippen LogP contribution in [0.5, 0.6) is 0 Å². The van der Waals surface area contributed by atoms with Crippen LogP contribution in [0, 0.1) is 0 Å². The van der Waals surface area contributed by atoms with Crippen molar-refractivity contribution in [3.63, 3.8) is 0 Å². The Morgan fingerprint density at radius 2 is 2.17 bits per heavy atom. The number of fused-ring (bicyclic) bond motifs is 1. The third-order valence-corrected chi connectivity index (χ3v) is 4.45. The normalized spacial score (nSPS) is 14.9. The number of thiazole rings is 1. The number of nitrogens with zero attached hydrogens (tertiary/aromatic N) is 2. The van der Waals surface area contributed by atoms with Crippen molar-refractivity contribution in [3.8, 4) is 0 Å². The fourth-order valence-corrected chi connectivity index (χ4v) is 3.28. The number of nitrogen functional groups attached to an aromatic ring is 1. The Labute approximate surface area is 111 Å². The summed E-state index contributed by atoms with van der Waals surface area (Å²) in [5, 5.41) is 1.22. The molecular weight excluding hydrogens is 242 g/mol. The Morgan fingerprint density at radius 1 is 1.33 bits per heavy atom. The van der Waals surface area contributed by atoms with Crippen LogP contribution in [0.3, 0.4) is 0 Å². The maximum Gasteiger partial charge on any atom is 0.107 e. The van der Waals surface area contributed by atoms with Gasteiger partial charge in [-0.25, -0.2) is 4.98 Å². The van der Waals surface area contributed by atoms with Crippen molar-refractivity contribution in [1.82, 2.24) is 9.88 Å². The highest BCUT2D eigenvalue weighted by molar-refractivity contribution is 7.11. The molecule has 1 aliphatic rings. The zero-order chi connectivity index (χ0) is 12.5. The van der Waals surface area contributed by atoms with E-state index in [9.17, 15) is 0 Å². The lowest BCUT2D eigenvalue weighted by atomic mass is 10.1. The monoisotopic (exact) mass is 259 g/mol. The van der Waals surface area contributed by atoms with E-state index in [-0.39, 0.29) is 0 Å². The van der Waals surface area contributed by atoms with Gasteiger partial charge in [0.2, 0.25) is 0 Å². The number of nitrogens with two attached hydrogens (primary N) is 1. The fourth-order valence-electron chi connectivity index (χ4n) is 2.37. The first-order valence-corrected chi connectivity index (χ1v) is 7.09. The van der Waals surface area contributed by atoms with E-state index < -0.39 is 0 Å². The molecule has 0 spiro atoms. The number of benzene rings is 1. The lowest BCUT2D eigenvalue weighted by Crippen LogP contribution is -2.15. The molecule has 0 atom stereocenters. The number of hydrogen-bond donors (Lipinski definition) is 1. The number of hydrogen-bond acceptors (Lipinski definition) is 4. The number of anilines is 1. The van der Waals surface area contributed by atoms with Crippen LogP contribution >= 0.6 is 11.3 Å². The van der Waals surface area contributed by atoms with Gasteiger partial charge < -0.3 is 5.73 Å². The number of rotatable bonds is 3. The highest BCUT2D eigenvalue weighted by atomic mass is 32.1. The van der Waals surface area contributed by atoms with Gasteiger partial charge in [0.15, 0.2) is 0 Å². The smallest absolute Gasteiger partial charge is 0.107 e. The summed E-state index contributed by atoms with van der Waals surface area (Å²) >= 11 is 1.82. The molecule has 0 amide bonds. The van der Waals surface area contributed by atoms with E-state index in [0.29, 0.717) is 0 Å². The Bertz CT molecular complexity index is 562. The molecule has 0 bridgehead atoms. The van der Waals surface area contributed by atoms with E-state index in [1.807, 2.05) is 23.6 Å². The second kappa shape index (κ2) is 4.71. The second-order valence-corrected chi connectivity index (χ2v) is 5.95. The molecule has 2 aromatic rings. The Hall–Kier alpha value is -1.39. The van der Waals surface area contributed by atoms with Crippen LogP contribution in [0.4, 0.5) is 5.69 Å². The topological polar surface area (TPSA) is 42.2 Å². The molecule has 1 aromatic carbocycles. The van der Waals surface area contributed by atoms with Gasteiger partial charge in [0.05, 0.1) is 6.54 Å². The van der Waals surface area contributed by atoms with E-state index in [4.69, 9.17) is 5.73 Å². The molecular formula is C14H17N3S. The first-order chi connectivity index (χ1) is 8.74. The zero-order valence-corrected chi connectivity index (χ0v) is 11.3. The number of aryl methyl sites for hydroxylation is 1. The molecule has 0 fully saturated rings. The molecule has 0 radical (unpaired) electrons. The summed E-state index contributed by atoms with van der Waals surface area (Å²) in [5.41, 5.74) is 9.44. The molecule has 1 aromatic heterocycles. The minimum Gasteiger partial charge on any atom is -0.399 e. The SMILES string of the molecule is CCc1cnc(CN2Cc3ccc(N)cc3C2)s1. The van der Waals surface area contributed by atoms with Crippen molar-refractivity contribution in [3.05, 3.63) is 45.4 Å². The van der Waals surface area contributed by atoms with Crippen LogP contribution < -0.4 is 5.73 Å². The average Bonchev–Trinajstić information content (AvgIpc) is 2.95. The first-order valence-electron chi connectivity index (χ1n) is 6.28. The summed E-state index contributed by atoms with van der Waals surface area (Å²) in [7, 11) is 0. The van der Waals surface area contributed by atoms with E-state index in [1.165, 1.54) is 21.0 Å². The van der Waals surface area contributed by atoms with Crippen molar-refractivity contribution in [2.75, 3.05) is 5.73 Å². The Morgan fingerprint density at radius 3 is 2.94 bits per heavy atom. The molecule has 3 nitrogen and oxygen atoms in total. The van der Waals surface area contributed by atoms with E-state index in [0.717, 1.165) is 31.7 Å². The third kappa shape index (κ3) is 2.26.